The van der Waals surface area contributed by atoms with E-state index in [4.69, 9.17) is 16.3 Å². The van der Waals surface area contributed by atoms with E-state index in [1.165, 1.54) is 5.56 Å². The van der Waals surface area contributed by atoms with E-state index in [0.717, 1.165) is 28.6 Å². The third-order valence-corrected chi connectivity index (χ3v) is 6.51. The highest BCUT2D eigenvalue weighted by Crippen LogP contribution is 2.35. The van der Waals surface area contributed by atoms with E-state index in [0.29, 0.717) is 37.9 Å². The van der Waals surface area contributed by atoms with E-state index < -0.39 is 0 Å². The summed E-state index contributed by atoms with van der Waals surface area (Å²) in [6, 6.07) is 22.6. The number of ether oxygens (including phenoxy) is 1. The summed E-state index contributed by atoms with van der Waals surface area (Å²) in [7, 11) is 0. The summed E-state index contributed by atoms with van der Waals surface area (Å²) >= 11 is 6.08. The van der Waals surface area contributed by atoms with Crippen molar-refractivity contribution in [1.29, 1.82) is 0 Å². The standard InChI is InChI=1S/C27H26ClN3O2/c28-26-11-10-21(17-29-26)23(16-27(32)30-12-14-33-15-13-30)24-19-31(18-20-6-2-1-3-7-20)25-9-5-4-8-22(24)25/h1-11,17,19,23H,12-16,18H2. The number of hydrogen-bond donors (Lipinski definition) is 0. The predicted molar refractivity (Wildman–Crippen MR) is 131 cm³/mol. The van der Waals surface area contributed by atoms with Gasteiger partial charge < -0.3 is 14.2 Å². The van der Waals surface area contributed by atoms with Crippen LogP contribution in [0.1, 0.15) is 29.0 Å². The minimum Gasteiger partial charge on any atom is -0.378 e. The van der Waals surface area contributed by atoms with Crippen LogP contribution in [0.2, 0.25) is 5.15 Å². The summed E-state index contributed by atoms with van der Waals surface area (Å²) in [5, 5.41) is 1.60. The molecule has 5 rings (SSSR count). The van der Waals surface area contributed by atoms with Gasteiger partial charge in [-0.15, -0.1) is 0 Å². The van der Waals surface area contributed by atoms with Crippen molar-refractivity contribution >= 4 is 28.4 Å². The van der Waals surface area contributed by atoms with Gasteiger partial charge in [0.25, 0.3) is 0 Å². The summed E-state index contributed by atoms with van der Waals surface area (Å²) in [6.45, 7) is 3.23. The van der Waals surface area contributed by atoms with Gasteiger partial charge in [0.05, 0.1) is 13.2 Å². The van der Waals surface area contributed by atoms with Crippen LogP contribution in [0.3, 0.4) is 0 Å². The molecular weight excluding hydrogens is 434 g/mol. The molecule has 6 heteroatoms. The van der Waals surface area contributed by atoms with E-state index in [9.17, 15) is 4.79 Å². The number of pyridine rings is 1. The number of hydrogen-bond acceptors (Lipinski definition) is 3. The van der Waals surface area contributed by atoms with Gasteiger partial charge in [-0.25, -0.2) is 4.98 Å². The van der Waals surface area contributed by atoms with Crippen molar-refractivity contribution in [2.24, 2.45) is 0 Å². The number of para-hydroxylation sites is 1. The van der Waals surface area contributed by atoms with Crippen molar-refractivity contribution in [3.05, 3.63) is 101 Å². The second kappa shape index (κ2) is 9.77. The second-order valence-corrected chi connectivity index (χ2v) is 8.77. The summed E-state index contributed by atoms with van der Waals surface area (Å²) in [5.41, 5.74) is 4.51. The smallest absolute Gasteiger partial charge is 0.223 e. The first-order valence-electron chi connectivity index (χ1n) is 11.3. The number of benzene rings is 2. The highest BCUT2D eigenvalue weighted by atomic mass is 35.5. The molecule has 0 saturated carbocycles. The first kappa shape index (κ1) is 21.7. The van der Waals surface area contributed by atoms with Crippen molar-refractivity contribution in [2.75, 3.05) is 26.3 Å². The molecule has 2 aromatic carbocycles. The first-order valence-corrected chi connectivity index (χ1v) is 11.7. The Bertz CT molecular complexity index is 1230. The Hall–Kier alpha value is -3.15. The van der Waals surface area contributed by atoms with Crippen molar-refractivity contribution in [2.45, 2.75) is 18.9 Å². The average Bonchev–Trinajstić information content (AvgIpc) is 3.22. The number of fused-ring (bicyclic) bond motifs is 1. The van der Waals surface area contributed by atoms with Gasteiger partial charge in [0.2, 0.25) is 5.91 Å². The lowest BCUT2D eigenvalue weighted by atomic mass is 9.88. The fourth-order valence-electron chi connectivity index (χ4n) is 4.58. The molecule has 1 fully saturated rings. The van der Waals surface area contributed by atoms with Crippen molar-refractivity contribution in [3.8, 4) is 0 Å². The number of rotatable bonds is 6. The van der Waals surface area contributed by atoms with Crippen LogP contribution in [-0.4, -0.2) is 46.7 Å². The number of halogens is 1. The quantitative estimate of drug-likeness (QED) is 0.376. The zero-order valence-corrected chi connectivity index (χ0v) is 19.1. The summed E-state index contributed by atoms with van der Waals surface area (Å²) < 4.78 is 7.71. The van der Waals surface area contributed by atoms with Gasteiger partial charge in [0.1, 0.15) is 5.15 Å². The van der Waals surface area contributed by atoms with Gasteiger partial charge in [-0.05, 0) is 28.8 Å². The monoisotopic (exact) mass is 459 g/mol. The largest absolute Gasteiger partial charge is 0.378 e. The Kier molecular flexibility index (Phi) is 6.42. The van der Waals surface area contributed by atoms with Crippen LogP contribution >= 0.6 is 11.6 Å². The summed E-state index contributed by atoms with van der Waals surface area (Å²) in [4.78, 5) is 19.5. The van der Waals surface area contributed by atoms with E-state index in [2.05, 4.69) is 64.3 Å². The molecule has 0 radical (unpaired) electrons. The van der Waals surface area contributed by atoms with Crippen LogP contribution in [0.25, 0.3) is 10.9 Å². The molecule has 168 valence electrons. The van der Waals surface area contributed by atoms with E-state index in [1.54, 1.807) is 12.3 Å². The zero-order valence-electron chi connectivity index (χ0n) is 18.4. The van der Waals surface area contributed by atoms with Gasteiger partial charge in [0, 0.05) is 55.3 Å². The topological polar surface area (TPSA) is 47.4 Å². The van der Waals surface area contributed by atoms with Crippen LogP contribution in [0, 0.1) is 0 Å². The SMILES string of the molecule is O=C(CC(c1ccc(Cl)nc1)c1cn(Cc2ccccc2)c2ccccc12)N1CCOCC1. The molecule has 2 aromatic heterocycles. The second-order valence-electron chi connectivity index (χ2n) is 8.38. The Balaban J connectivity index is 1.56. The number of morpholine rings is 1. The number of nitrogens with zero attached hydrogens (tertiary/aromatic N) is 3. The minimum absolute atomic E-state index is 0.118. The fourth-order valence-corrected chi connectivity index (χ4v) is 4.69. The number of aromatic nitrogens is 2. The third-order valence-electron chi connectivity index (χ3n) is 6.29. The summed E-state index contributed by atoms with van der Waals surface area (Å²) in [6.07, 6.45) is 4.37. The Labute approximate surface area is 198 Å². The van der Waals surface area contributed by atoms with Crippen molar-refractivity contribution in [1.82, 2.24) is 14.5 Å². The maximum absolute atomic E-state index is 13.3. The van der Waals surface area contributed by atoms with Gasteiger partial charge in [0.15, 0.2) is 0 Å². The van der Waals surface area contributed by atoms with Crippen molar-refractivity contribution in [3.63, 3.8) is 0 Å². The lowest BCUT2D eigenvalue weighted by Gasteiger charge is -2.28. The molecule has 0 bridgehead atoms. The van der Waals surface area contributed by atoms with Gasteiger partial charge in [-0.1, -0.05) is 66.2 Å². The van der Waals surface area contributed by atoms with Gasteiger partial charge >= 0.3 is 0 Å². The number of amides is 1. The molecule has 0 spiro atoms. The highest BCUT2D eigenvalue weighted by Gasteiger charge is 2.26. The molecule has 5 nitrogen and oxygen atoms in total. The molecule has 0 N–H and O–H groups in total. The van der Waals surface area contributed by atoms with E-state index in [1.807, 2.05) is 17.0 Å². The Morgan fingerprint density at radius 1 is 1.00 bits per heavy atom. The Morgan fingerprint density at radius 2 is 1.76 bits per heavy atom. The predicted octanol–water partition coefficient (Wildman–Crippen LogP) is 5.12. The van der Waals surface area contributed by atoms with Gasteiger partial charge in [-0.3, -0.25) is 4.79 Å². The third kappa shape index (κ3) is 4.80. The number of carbonyl (C=O) groups excluding carboxylic acids is 1. The van der Waals surface area contributed by atoms with Crippen molar-refractivity contribution < 1.29 is 9.53 Å². The lowest BCUT2D eigenvalue weighted by Crippen LogP contribution is -2.41. The van der Waals surface area contributed by atoms with Crippen LogP contribution < -0.4 is 0 Å². The lowest BCUT2D eigenvalue weighted by molar-refractivity contribution is -0.135. The molecule has 3 heterocycles. The van der Waals surface area contributed by atoms with E-state index >= 15 is 0 Å². The molecule has 0 aliphatic carbocycles. The van der Waals surface area contributed by atoms with E-state index in [-0.39, 0.29) is 11.8 Å². The zero-order chi connectivity index (χ0) is 22.6. The first-order chi connectivity index (χ1) is 16.2. The van der Waals surface area contributed by atoms with Gasteiger partial charge in [-0.2, -0.15) is 0 Å². The highest BCUT2D eigenvalue weighted by molar-refractivity contribution is 6.29. The minimum atomic E-state index is -0.118. The molecular formula is C27H26ClN3O2. The van der Waals surface area contributed by atoms with Crippen LogP contribution in [0.5, 0.6) is 0 Å². The number of carbonyl (C=O) groups is 1. The van der Waals surface area contributed by atoms with Crippen LogP contribution in [0.15, 0.2) is 79.1 Å². The molecule has 4 aromatic rings. The molecule has 1 atom stereocenters. The molecule has 1 aliphatic rings. The maximum Gasteiger partial charge on any atom is 0.223 e. The molecule has 33 heavy (non-hydrogen) atoms. The average molecular weight is 460 g/mol. The fraction of sp³-hybridized carbons (Fsp3) is 0.259. The molecule has 1 aliphatic heterocycles. The summed E-state index contributed by atoms with van der Waals surface area (Å²) in [5.74, 6) is 0.0187. The Morgan fingerprint density at radius 3 is 2.52 bits per heavy atom. The molecule has 1 amide bonds. The van der Waals surface area contributed by atoms with Crippen LogP contribution in [-0.2, 0) is 16.1 Å². The molecule has 1 unspecified atom stereocenters. The molecule has 1 saturated heterocycles. The maximum atomic E-state index is 13.3. The normalized spacial score (nSPS) is 15.0. The van der Waals surface area contributed by atoms with Crippen LogP contribution in [0.4, 0.5) is 0 Å².